The molecule has 1 saturated heterocycles. The average molecular weight is 496 g/mol. The second-order valence-corrected chi connectivity index (χ2v) is 10.2. The molecule has 1 amide bonds. The minimum Gasteiger partial charge on any atom is -0.493 e. The van der Waals surface area contributed by atoms with Gasteiger partial charge in [0, 0.05) is 25.1 Å². The Labute approximate surface area is 209 Å². The summed E-state index contributed by atoms with van der Waals surface area (Å²) < 4.78 is 31.9. The zero-order chi connectivity index (χ0) is 25.3. The molecule has 3 aromatic rings. The van der Waals surface area contributed by atoms with Crippen LogP contribution in [0.5, 0.6) is 11.6 Å². The van der Waals surface area contributed by atoms with Crippen molar-refractivity contribution in [1.82, 2.24) is 19.9 Å². The number of hydrogen-bond donors (Lipinski definition) is 1. The van der Waals surface area contributed by atoms with Gasteiger partial charge >= 0.3 is 6.09 Å². The number of fused-ring (bicyclic) bond motifs is 1. The van der Waals surface area contributed by atoms with Crippen molar-refractivity contribution in [2.75, 3.05) is 25.0 Å². The minimum absolute atomic E-state index is 0.221. The maximum atomic E-state index is 14.6. The molecule has 1 saturated carbocycles. The van der Waals surface area contributed by atoms with Gasteiger partial charge < -0.3 is 24.4 Å². The van der Waals surface area contributed by atoms with Crippen LogP contribution in [0.3, 0.4) is 0 Å². The second kappa shape index (κ2) is 9.75. The third kappa shape index (κ3) is 5.92. The first-order valence-electron chi connectivity index (χ1n) is 12.2. The number of carbonyl (C=O) groups is 1. The third-order valence-electron chi connectivity index (χ3n) is 5.91. The molecule has 1 N–H and O–H groups in total. The van der Waals surface area contributed by atoms with Gasteiger partial charge in [-0.05, 0) is 57.7 Å². The summed E-state index contributed by atoms with van der Waals surface area (Å²) in [4.78, 5) is 27.1. The van der Waals surface area contributed by atoms with Gasteiger partial charge in [-0.25, -0.2) is 24.1 Å². The van der Waals surface area contributed by atoms with Crippen molar-refractivity contribution in [3.8, 4) is 11.6 Å². The van der Waals surface area contributed by atoms with Gasteiger partial charge in [0.15, 0.2) is 5.82 Å². The summed E-state index contributed by atoms with van der Waals surface area (Å²) in [5.74, 6) is 1.48. The van der Waals surface area contributed by atoms with Crippen molar-refractivity contribution in [2.24, 2.45) is 5.92 Å². The lowest BCUT2D eigenvalue weighted by Crippen LogP contribution is -2.36. The van der Waals surface area contributed by atoms with E-state index in [-0.39, 0.29) is 17.9 Å². The van der Waals surface area contributed by atoms with E-state index < -0.39 is 11.4 Å². The number of anilines is 2. The summed E-state index contributed by atoms with van der Waals surface area (Å²) in [5, 5.41) is 3.03. The number of pyridine rings is 1. The molecule has 36 heavy (non-hydrogen) atoms. The van der Waals surface area contributed by atoms with E-state index in [0.717, 1.165) is 0 Å². The van der Waals surface area contributed by atoms with Crippen molar-refractivity contribution < 1.29 is 23.4 Å². The molecule has 10 heteroatoms. The first-order chi connectivity index (χ1) is 17.2. The number of carbonyl (C=O) groups excluding carboxylic acids is 1. The number of nitrogens with zero attached hydrogens (tertiary/aromatic N) is 4. The second-order valence-electron chi connectivity index (χ2n) is 10.2. The SMILES string of the molecule is CC(C)(C)OC(=O)N1CC[C@H](Oc2ccc3ncnc(Nc4cc(OCC5CC5)ccc4F)c3n2)C1. The van der Waals surface area contributed by atoms with E-state index in [4.69, 9.17) is 14.2 Å². The molecule has 2 aromatic heterocycles. The fourth-order valence-electron chi connectivity index (χ4n) is 3.88. The van der Waals surface area contributed by atoms with Crippen LogP contribution >= 0.6 is 0 Å². The summed E-state index contributed by atoms with van der Waals surface area (Å²) in [6.07, 6.45) is 3.83. The van der Waals surface area contributed by atoms with E-state index in [1.807, 2.05) is 20.8 Å². The Balaban J connectivity index is 1.30. The van der Waals surface area contributed by atoms with E-state index >= 15 is 0 Å². The molecule has 2 aliphatic rings. The van der Waals surface area contributed by atoms with Crippen LogP contribution in [0.2, 0.25) is 0 Å². The average Bonchev–Trinajstić information content (AvgIpc) is 3.54. The fraction of sp³-hybridized carbons (Fsp3) is 0.462. The first-order valence-corrected chi connectivity index (χ1v) is 12.2. The fourth-order valence-corrected chi connectivity index (χ4v) is 3.88. The highest BCUT2D eigenvalue weighted by molar-refractivity contribution is 5.87. The molecule has 3 heterocycles. The van der Waals surface area contributed by atoms with Gasteiger partial charge in [-0.3, -0.25) is 0 Å². The van der Waals surface area contributed by atoms with Crippen LogP contribution < -0.4 is 14.8 Å². The van der Waals surface area contributed by atoms with E-state index in [0.29, 0.717) is 60.5 Å². The lowest BCUT2D eigenvalue weighted by molar-refractivity contribution is 0.0275. The summed E-state index contributed by atoms with van der Waals surface area (Å²) >= 11 is 0. The summed E-state index contributed by atoms with van der Waals surface area (Å²) in [5.41, 5.74) is 0.714. The number of benzene rings is 1. The van der Waals surface area contributed by atoms with Crippen molar-refractivity contribution >= 4 is 28.6 Å². The van der Waals surface area contributed by atoms with Gasteiger partial charge in [0.1, 0.15) is 35.1 Å². The Bertz CT molecular complexity index is 1260. The molecular formula is C26H30FN5O4. The predicted octanol–water partition coefficient (Wildman–Crippen LogP) is 5.08. The molecule has 2 fully saturated rings. The molecule has 0 radical (unpaired) electrons. The van der Waals surface area contributed by atoms with Crippen molar-refractivity contribution in [1.29, 1.82) is 0 Å². The summed E-state index contributed by atoms with van der Waals surface area (Å²) in [6.45, 7) is 7.10. The monoisotopic (exact) mass is 495 g/mol. The number of rotatable bonds is 7. The highest BCUT2D eigenvalue weighted by Gasteiger charge is 2.31. The smallest absolute Gasteiger partial charge is 0.410 e. The Kier molecular flexibility index (Phi) is 6.51. The van der Waals surface area contributed by atoms with E-state index in [1.165, 1.54) is 25.2 Å². The standard InChI is InChI=1S/C26H30FN5O4/c1-26(2,3)36-25(33)32-11-10-18(13-32)35-22-9-8-20-23(31-22)24(29-15-28-20)30-21-12-17(6-7-19(21)27)34-14-16-4-5-16/h6-9,12,15-16,18H,4-5,10-11,13-14H2,1-3H3,(H,28,29,30)/t18-/m0/s1. The molecule has 0 unspecified atom stereocenters. The van der Waals surface area contributed by atoms with Gasteiger partial charge in [0.2, 0.25) is 5.88 Å². The molecule has 1 atom stereocenters. The maximum absolute atomic E-state index is 14.6. The van der Waals surface area contributed by atoms with Gasteiger partial charge in [-0.15, -0.1) is 0 Å². The first kappa shape index (κ1) is 24.0. The Hall–Kier alpha value is -3.69. The molecule has 5 rings (SSSR count). The third-order valence-corrected chi connectivity index (χ3v) is 5.91. The highest BCUT2D eigenvalue weighted by atomic mass is 19.1. The van der Waals surface area contributed by atoms with E-state index in [9.17, 15) is 9.18 Å². The van der Waals surface area contributed by atoms with Gasteiger partial charge in [-0.1, -0.05) is 0 Å². The van der Waals surface area contributed by atoms with Crippen LogP contribution in [0, 0.1) is 11.7 Å². The van der Waals surface area contributed by atoms with Crippen LogP contribution in [0.4, 0.5) is 20.7 Å². The Morgan fingerprint density at radius 2 is 2.00 bits per heavy atom. The number of aromatic nitrogens is 3. The van der Waals surface area contributed by atoms with Gasteiger partial charge in [0.05, 0.1) is 24.4 Å². The Morgan fingerprint density at radius 3 is 2.78 bits per heavy atom. The lowest BCUT2D eigenvalue weighted by Gasteiger charge is -2.24. The zero-order valence-corrected chi connectivity index (χ0v) is 20.7. The van der Waals surface area contributed by atoms with E-state index in [2.05, 4.69) is 20.3 Å². The molecule has 0 spiro atoms. The largest absolute Gasteiger partial charge is 0.493 e. The quantitative estimate of drug-likeness (QED) is 0.484. The molecule has 190 valence electrons. The van der Waals surface area contributed by atoms with Crippen LogP contribution in [0.25, 0.3) is 11.0 Å². The molecule has 1 aliphatic heterocycles. The maximum Gasteiger partial charge on any atom is 0.410 e. The highest BCUT2D eigenvalue weighted by Crippen LogP contribution is 2.32. The van der Waals surface area contributed by atoms with Crippen LogP contribution in [-0.4, -0.2) is 57.3 Å². The van der Waals surface area contributed by atoms with Crippen molar-refractivity contribution in [3.63, 3.8) is 0 Å². The topological polar surface area (TPSA) is 98.7 Å². The number of ether oxygens (including phenoxy) is 3. The molecular weight excluding hydrogens is 465 g/mol. The van der Waals surface area contributed by atoms with Gasteiger partial charge in [-0.2, -0.15) is 0 Å². The van der Waals surface area contributed by atoms with Crippen LogP contribution in [0.15, 0.2) is 36.7 Å². The van der Waals surface area contributed by atoms with Crippen molar-refractivity contribution in [3.05, 3.63) is 42.5 Å². The molecule has 0 bridgehead atoms. The number of halogens is 1. The number of likely N-dealkylation sites (tertiary alicyclic amines) is 1. The van der Waals surface area contributed by atoms with Crippen LogP contribution in [0.1, 0.15) is 40.0 Å². The Morgan fingerprint density at radius 1 is 1.17 bits per heavy atom. The minimum atomic E-state index is -0.554. The normalized spacial score (nSPS) is 17.8. The lowest BCUT2D eigenvalue weighted by atomic mass is 10.2. The summed E-state index contributed by atoms with van der Waals surface area (Å²) in [6, 6.07) is 8.11. The molecule has 1 aromatic carbocycles. The molecule has 9 nitrogen and oxygen atoms in total. The molecule has 1 aliphatic carbocycles. The summed E-state index contributed by atoms with van der Waals surface area (Å²) in [7, 11) is 0. The van der Waals surface area contributed by atoms with Gasteiger partial charge in [0.25, 0.3) is 0 Å². The number of amides is 1. The number of nitrogens with one attached hydrogen (secondary N) is 1. The zero-order valence-electron chi connectivity index (χ0n) is 20.7. The van der Waals surface area contributed by atoms with E-state index in [1.54, 1.807) is 29.2 Å². The number of hydrogen-bond acceptors (Lipinski definition) is 8. The van der Waals surface area contributed by atoms with Crippen molar-refractivity contribution in [2.45, 2.75) is 51.7 Å². The predicted molar refractivity (Wildman–Crippen MR) is 132 cm³/mol. The van der Waals surface area contributed by atoms with Crippen LogP contribution in [-0.2, 0) is 4.74 Å².